The molecule has 2 heterocycles. The number of nitrogens with zero attached hydrogens (tertiary/aromatic N) is 3. The Balaban J connectivity index is 1.78. The second-order valence-electron chi connectivity index (χ2n) is 5.49. The summed E-state index contributed by atoms with van der Waals surface area (Å²) in [5, 5.41) is 10.9. The molecule has 20 heavy (non-hydrogen) atoms. The van der Waals surface area contributed by atoms with E-state index >= 15 is 0 Å². The number of H-pyrrole nitrogens is 1. The van der Waals surface area contributed by atoms with Crippen LogP contribution in [0.4, 0.5) is 5.69 Å². The molecule has 1 aromatic carbocycles. The van der Waals surface area contributed by atoms with Crippen LogP contribution >= 0.6 is 0 Å². The minimum atomic E-state index is 0.325. The van der Waals surface area contributed by atoms with Crippen molar-refractivity contribution in [1.29, 1.82) is 0 Å². The van der Waals surface area contributed by atoms with E-state index in [1.165, 1.54) is 18.5 Å². The molecular weight excluding hydrogens is 250 g/mol. The Morgan fingerprint density at radius 3 is 2.60 bits per heavy atom. The summed E-state index contributed by atoms with van der Waals surface area (Å²) in [6.45, 7) is 1.07. The number of hydrogen-bond donors (Lipinski definition) is 2. The van der Waals surface area contributed by atoms with Gasteiger partial charge < -0.3 is 10.2 Å². The van der Waals surface area contributed by atoms with Crippen LogP contribution in [-0.4, -0.2) is 35.8 Å². The van der Waals surface area contributed by atoms with Crippen molar-refractivity contribution < 1.29 is 0 Å². The number of hydrogen-bond acceptors (Lipinski definition) is 4. The second-order valence-corrected chi connectivity index (χ2v) is 5.49. The second kappa shape index (κ2) is 5.63. The van der Waals surface area contributed by atoms with Gasteiger partial charge in [-0.1, -0.05) is 6.42 Å². The smallest absolute Gasteiger partial charge is 0.181 e. The zero-order valence-electron chi connectivity index (χ0n) is 12.1. The summed E-state index contributed by atoms with van der Waals surface area (Å²) in [6.07, 6.45) is 3.64. The van der Waals surface area contributed by atoms with Crippen LogP contribution in [0.15, 0.2) is 24.3 Å². The van der Waals surface area contributed by atoms with E-state index < -0.39 is 0 Å². The van der Waals surface area contributed by atoms with Crippen LogP contribution in [-0.2, 0) is 0 Å². The molecule has 1 aliphatic heterocycles. The third kappa shape index (κ3) is 2.67. The Hall–Kier alpha value is -1.88. The third-order valence-electron chi connectivity index (χ3n) is 3.78. The number of aromatic amines is 1. The van der Waals surface area contributed by atoms with Gasteiger partial charge >= 0.3 is 0 Å². The number of rotatable bonds is 3. The number of nitrogens with one attached hydrogen (secondary N) is 2. The molecule has 1 aliphatic rings. The molecule has 0 aliphatic carbocycles. The van der Waals surface area contributed by atoms with E-state index in [4.69, 9.17) is 0 Å². The minimum absolute atomic E-state index is 0.325. The molecule has 1 saturated heterocycles. The number of aromatic nitrogens is 3. The predicted octanol–water partition coefficient (Wildman–Crippen LogP) is 2.35. The summed E-state index contributed by atoms with van der Waals surface area (Å²) >= 11 is 0. The van der Waals surface area contributed by atoms with Crippen LogP contribution in [0.5, 0.6) is 0 Å². The fraction of sp³-hybridized carbons (Fsp3) is 0.467. The van der Waals surface area contributed by atoms with Crippen LogP contribution in [0.25, 0.3) is 11.4 Å². The molecular formula is C15H21N5. The molecule has 2 aromatic rings. The zero-order valence-corrected chi connectivity index (χ0v) is 12.1. The Kier molecular flexibility index (Phi) is 3.69. The van der Waals surface area contributed by atoms with Crippen molar-refractivity contribution in [2.24, 2.45) is 0 Å². The maximum atomic E-state index is 4.64. The van der Waals surface area contributed by atoms with Gasteiger partial charge in [-0.15, -0.1) is 0 Å². The first-order chi connectivity index (χ1) is 9.74. The Labute approximate surface area is 119 Å². The van der Waals surface area contributed by atoms with Crippen molar-refractivity contribution in [3.63, 3.8) is 0 Å². The topological polar surface area (TPSA) is 56.8 Å². The molecule has 0 amide bonds. The molecule has 1 fully saturated rings. The lowest BCUT2D eigenvalue weighted by Gasteiger charge is -2.20. The summed E-state index contributed by atoms with van der Waals surface area (Å²) in [4.78, 5) is 6.72. The highest BCUT2D eigenvalue weighted by atomic mass is 15.2. The molecule has 5 nitrogen and oxygen atoms in total. The lowest BCUT2D eigenvalue weighted by atomic mass is 10.0. The first-order valence-electron chi connectivity index (χ1n) is 7.17. The highest BCUT2D eigenvalue weighted by Gasteiger charge is 2.18. The van der Waals surface area contributed by atoms with Gasteiger partial charge in [-0.25, -0.2) is 4.98 Å². The number of piperidine rings is 1. The average Bonchev–Trinajstić information content (AvgIpc) is 2.98. The van der Waals surface area contributed by atoms with Gasteiger partial charge in [0.25, 0.3) is 0 Å². The van der Waals surface area contributed by atoms with E-state index in [0.29, 0.717) is 6.04 Å². The van der Waals surface area contributed by atoms with Crippen molar-refractivity contribution in [2.75, 3.05) is 25.5 Å². The average molecular weight is 271 g/mol. The summed E-state index contributed by atoms with van der Waals surface area (Å²) < 4.78 is 0. The molecule has 0 saturated carbocycles. The first-order valence-corrected chi connectivity index (χ1v) is 7.17. The van der Waals surface area contributed by atoms with Crippen molar-refractivity contribution in [3.8, 4) is 11.4 Å². The van der Waals surface area contributed by atoms with Gasteiger partial charge in [0.1, 0.15) is 5.82 Å². The quantitative estimate of drug-likeness (QED) is 0.899. The van der Waals surface area contributed by atoms with E-state index in [0.717, 1.165) is 30.2 Å². The van der Waals surface area contributed by atoms with E-state index in [1.807, 2.05) is 14.1 Å². The SMILES string of the molecule is CN(C)c1ccc(-c2n[nH]c(C3CCCCN3)n2)cc1. The van der Waals surface area contributed by atoms with Crippen LogP contribution in [0.1, 0.15) is 31.1 Å². The van der Waals surface area contributed by atoms with E-state index in [-0.39, 0.29) is 0 Å². The maximum Gasteiger partial charge on any atom is 0.181 e. The van der Waals surface area contributed by atoms with Crippen molar-refractivity contribution in [3.05, 3.63) is 30.1 Å². The molecule has 1 atom stereocenters. The molecule has 1 unspecified atom stereocenters. The van der Waals surface area contributed by atoms with Gasteiger partial charge in [-0.05, 0) is 43.7 Å². The summed E-state index contributed by atoms with van der Waals surface area (Å²) in [7, 11) is 4.07. The Bertz CT molecular complexity index is 552. The highest BCUT2D eigenvalue weighted by molar-refractivity contribution is 5.59. The van der Waals surface area contributed by atoms with Crippen molar-refractivity contribution >= 4 is 5.69 Å². The Morgan fingerprint density at radius 2 is 1.95 bits per heavy atom. The summed E-state index contributed by atoms with van der Waals surface area (Å²) in [5.41, 5.74) is 2.23. The molecule has 0 spiro atoms. The van der Waals surface area contributed by atoms with Crippen molar-refractivity contribution in [2.45, 2.75) is 25.3 Å². The molecule has 106 valence electrons. The molecule has 5 heteroatoms. The van der Waals surface area contributed by atoms with Crippen molar-refractivity contribution in [1.82, 2.24) is 20.5 Å². The minimum Gasteiger partial charge on any atom is -0.378 e. The van der Waals surface area contributed by atoms with Gasteiger partial charge in [0.2, 0.25) is 0 Å². The molecule has 0 radical (unpaired) electrons. The third-order valence-corrected chi connectivity index (χ3v) is 3.78. The highest BCUT2D eigenvalue weighted by Crippen LogP contribution is 2.23. The Morgan fingerprint density at radius 1 is 1.15 bits per heavy atom. The van der Waals surface area contributed by atoms with Crippen LogP contribution in [0.3, 0.4) is 0 Å². The maximum absolute atomic E-state index is 4.64. The number of anilines is 1. The fourth-order valence-electron chi connectivity index (χ4n) is 2.55. The summed E-state index contributed by atoms with van der Waals surface area (Å²) in [5.74, 6) is 1.73. The summed E-state index contributed by atoms with van der Waals surface area (Å²) in [6, 6.07) is 8.63. The van der Waals surface area contributed by atoms with Gasteiger partial charge in [-0.2, -0.15) is 5.10 Å². The fourth-order valence-corrected chi connectivity index (χ4v) is 2.55. The zero-order chi connectivity index (χ0) is 13.9. The standard InChI is InChI=1S/C15H21N5/c1-20(2)12-8-6-11(7-9-12)14-17-15(19-18-14)13-5-3-4-10-16-13/h6-9,13,16H,3-5,10H2,1-2H3,(H,17,18,19). The molecule has 1 aromatic heterocycles. The van der Waals surface area contributed by atoms with Gasteiger partial charge in [0.05, 0.1) is 6.04 Å². The van der Waals surface area contributed by atoms with Crippen LogP contribution in [0, 0.1) is 0 Å². The largest absolute Gasteiger partial charge is 0.378 e. The lowest BCUT2D eigenvalue weighted by molar-refractivity contribution is 0.398. The van der Waals surface area contributed by atoms with E-state index in [9.17, 15) is 0 Å². The number of benzene rings is 1. The predicted molar refractivity (Wildman–Crippen MR) is 80.7 cm³/mol. The van der Waals surface area contributed by atoms with E-state index in [2.05, 4.69) is 49.7 Å². The van der Waals surface area contributed by atoms with Gasteiger partial charge in [0, 0.05) is 25.3 Å². The first kappa shape index (κ1) is 13.1. The van der Waals surface area contributed by atoms with Gasteiger partial charge in [0.15, 0.2) is 5.82 Å². The van der Waals surface area contributed by atoms with Gasteiger partial charge in [-0.3, -0.25) is 5.10 Å². The van der Waals surface area contributed by atoms with E-state index in [1.54, 1.807) is 0 Å². The monoisotopic (exact) mass is 271 g/mol. The lowest BCUT2D eigenvalue weighted by Crippen LogP contribution is -2.27. The molecule has 2 N–H and O–H groups in total. The molecule has 0 bridgehead atoms. The normalized spacial score (nSPS) is 19.0. The van der Waals surface area contributed by atoms with Crippen LogP contribution < -0.4 is 10.2 Å². The van der Waals surface area contributed by atoms with Crippen LogP contribution in [0.2, 0.25) is 0 Å². The molecule has 3 rings (SSSR count).